The summed E-state index contributed by atoms with van der Waals surface area (Å²) in [5.41, 5.74) is 0.318. The molecule has 0 aliphatic carbocycles. The van der Waals surface area contributed by atoms with Crippen LogP contribution in [-0.4, -0.2) is 31.0 Å². The molecule has 1 aliphatic heterocycles. The first-order valence-corrected chi connectivity index (χ1v) is 5.87. The lowest BCUT2D eigenvalue weighted by Crippen LogP contribution is -2.22. The Labute approximate surface area is 105 Å². The molecule has 0 saturated carbocycles. The van der Waals surface area contributed by atoms with Crippen LogP contribution in [0, 0.1) is 0 Å². The summed E-state index contributed by atoms with van der Waals surface area (Å²) in [6, 6.07) is 9.43. The van der Waals surface area contributed by atoms with Crippen molar-refractivity contribution < 1.29 is 19.1 Å². The number of benzene rings is 1. The Kier molecular flexibility index (Phi) is 4.17. The maximum absolute atomic E-state index is 11.4. The average Bonchev–Trinajstić information content (AvgIpc) is 2.87. The van der Waals surface area contributed by atoms with Crippen molar-refractivity contribution in [2.45, 2.75) is 19.4 Å². The topological polar surface area (TPSA) is 57.1 Å². The van der Waals surface area contributed by atoms with Crippen LogP contribution in [0.15, 0.2) is 35.5 Å². The number of para-hydroxylation sites is 1. The molecule has 1 unspecified atom stereocenters. The van der Waals surface area contributed by atoms with E-state index < -0.39 is 5.97 Å². The van der Waals surface area contributed by atoms with Gasteiger partial charge in [-0.15, -0.1) is 0 Å². The molecular formula is C13H15NO4. The van der Waals surface area contributed by atoms with Gasteiger partial charge in [-0.2, -0.15) is 0 Å². The second kappa shape index (κ2) is 6.05. The summed E-state index contributed by atoms with van der Waals surface area (Å²) in [6.07, 6.45) is 0.190. The van der Waals surface area contributed by atoms with Crippen molar-refractivity contribution in [3.05, 3.63) is 30.3 Å². The average molecular weight is 249 g/mol. The Balaban J connectivity index is 1.76. The van der Waals surface area contributed by atoms with Crippen molar-refractivity contribution >= 4 is 11.7 Å². The van der Waals surface area contributed by atoms with Crippen LogP contribution in [0.4, 0.5) is 0 Å². The third-order valence-electron chi connectivity index (χ3n) is 2.42. The Bertz CT molecular complexity index is 430. The maximum atomic E-state index is 11.4. The fourth-order valence-corrected chi connectivity index (χ4v) is 1.56. The highest BCUT2D eigenvalue weighted by atomic mass is 16.7. The minimum absolute atomic E-state index is 0.232. The van der Waals surface area contributed by atoms with E-state index in [1.165, 1.54) is 0 Å². The van der Waals surface area contributed by atoms with Crippen LogP contribution in [0.3, 0.4) is 0 Å². The summed E-state index contributed by atoms with van der Waals surface area (Å²) < 4.78 is 10.4. The molecule has 0 N–H and O–H groups in total. The van der Waals surface area contributed by atoms with Crippen molar-refractivity contribution in [3.8, 4) is 5.75 Å². The van der Waals surface area contributed by atoms with Crippen LogP contribution in [0.25, 0.3) is 0 Å². The fraction of sp³-hybridized carbons (Fsp3) is 0.385. The minimum atomic E-state index is -0.417. The van der Waals surface area contributed by atoms with Gasteiger partial charge in [0.2, 0.25) is 0 Å². The van der Waals surface area contributed by atoms with Gasteiger partial charge in [-0.05, 0) is 19.1 Å². The molecule has 1 heterocycles. The van der Waals surface area contributed by atoms with E-state index in [-0.39, 0.29) is 6.10 Å². The zero-order chi connectivity index (χ0) is 12.8. The van der Waals surface area contributed by atoms with Crippen molar-refractivity contribution in [1.82, 2.24) is 0 Å². The van der Waals surface area contributed by atoms with Gasteiger partial charge < -0.3 is 14.3 Å². The molecule has 96 valence electrons. The molecule has 18 heavy (non-hydrogen) atoms. The lowest BCUT2D eigenvalue weighted by Gasteiger charge is -2.09. The number of carbonyl (C=O) groups is 1. The molecular weight excluding hydrogens is 234 g/mol. The van der Waals surface area contributed by atoms with Crippen LogP contribution >= 0.6 is 0 Å². The Morgan fingerprint density at radius 1 is 1.44 bits per heavy atom. The second-order valence-electron chi connectivity index (χ2n) is 3.81. The molecule has 1 aliphatic rings. The molecule has 5 heteroatoms. The van der Waals surface area contributed by atoms with E-state index in [4.69, 9.17) is 14.3 Å². The maximum Gasteiger partial charge on any atom is 0.356 e. The molecule has 5 nitrogen and oxygen atoms in total. The predicted molar refractivity (Wildman–Crippen MR) is 65.5 cm³/mol. The zero-order valence-corrected chi connectivity index (χ0v) is 10.2. The van der Waals surface area contributed by atoms with Gasteiger partial charge in [0.25, 0.3) is 0 Å². The number of hydrogen-bond acceptors (Lipinski definition) is 5. The number of hydrogen-bond donors (Lipinski definition) is 0. The quantitative estimate of drug-likeness (QED) is 0.746. The largest absolute Gasteiger partial charge is 0.490 e. The number of nitrogens with zero attached hydrogens (tertiary/aromatic N) is 1. The fourth-order valence-electron chi connectivity index (χ4n) is 1.56. The third kappa shape index (κ3) is 3.23. The van der Waals surface area contributed by atoms with Crippen LogP contribution in [-0.2, 0) is 14.4 Å². The van der Waals surface area contributed by atoms with Gasteiger partial charge in [-0.1, -0.05) is 23.4 Å². The highest BCUT2D eigenvalue weighted by Gasteiger charge is 2.27. The molecule has 0 radical (unpaired) electrons. The van der Waals surface area contributed by atoms with Gasteiger partial charge in [0.05, 0.1) is 6.61 Å². The Hall–Kier alpha value is -2.04. The van der Waals surface area contributed by atoms with E-state index in [9.17, 15) is 4.79 Å². The molecule has 0 fully saturated rings. The van der Waals surface area contributed by atoms with Gasteiger partial charge in [0.1, 0.15) is 12.4 Å². The van der Waals surface area contributed by atoms with Gasteiger partial charge in [-0.25, -0.2) is 4.79 Å². The SMILES string of the molecule is CCOC(=O)C1=NOC(COc2ccccc2)C1. The molecule has 0 bridgehead atoms. The zero-order valence-electron chi connectivity index (χ0n) is 10.2. The molecule has 0 aromatic heterocycles. The molecule has 1 atom stereocenters. The van der Waals surface area contributed by atoms with E-state index in [2.05, 4.69) is 5.16 Å². The third-order valence-corrected chi connectivity index (χ3v) is 2.42. The summed E-state index contributed by atoms with van der Waals surface area (Å²) >= 11 is 0. The monoisotopic (exact) mass is 249 g/mol. The molecule has 1 aromatic rings. The molecule has 0 amide bonds. The van der Waals surface area contributed by atoms with Crippen LogP contribution in [0.5, 0.6) is 5.75 Å². The first-order chi connectivity index (χ1) is 8.79. The van der Waals surface area contributed by atoms with Crippen molar-refractivity contribution in [1.29, 1.82) is 0 Å². The van der Waals surface area contributed by atoms with Crippen molar-refractivity contribution in [2.75, 3.05) is 13.2 Å². The van der Waals surface area contributed by atoms with E-state index >= 15 is 0 Å². The highest BCUT2D eigenvalue weighted by molar-refractivity contribution is 6.36. The number of rotatable bonds is 5. The minimum Gasteiger partial charge on any atom is -0.490 e. The van der Waals surface area contributed by atoms with Gasteiger partial charge in [0, 0.05) is 6.42 Å². The summed E-state index contributed by atoms with van der Waals surface area (Å²) in [4.78, 5) is 16.5. The first kappa shape index (κ1) is 12.4. The molecule has 1 aromatic carbocycles. The number of oxime groups is 1. The highest BCUT2D eigenvalue weighted by Crippen LogP contribution is 2.15. The normalized spacial score (nSPS) is 17.8. The number of carbonyl (C=O) groups excluding carboxylic acids is 1. The predicted octanol–water partition coefficient (Wildman–Crippen LogP) is 1.77. The van der Waals surface area contributed by atoms with E-state index in [1.807, 2.05) is 30.3 Å². The van der Waals surface area contributed by atoms with E-state index in [0.717, 1.165) is 5.75 Å². The summed E-state index contributed by atoms with van der Waals surface area (Å²) in [6.45, 7) is 2.45. The van der Waals surface area contributed by atoms with Gasteiger partial charge in [-0.3, -0.25) is 0 Å². The second-order valence-corrected chi connectivity index (χ2v) is 3.81. The van der Waals surface area contributed by atoms with Gasteiger partial charge in [0.15, 0.2) is 11.8 Å². The van der Waals surface area contributed by atoms with Crippen molar-refractivity contribution in [2.24, 2.45) is 5.16 Å². The smallest absolute Gasteiger partial charge is 0.356 e. The summed E-state index contributed by atoms with van der Waals surface area (Å²) in [5.74, 6) is 0.352. The van der Waals surface area contributed by atoms with Crippen LogP contribution in [0.1, 0.15) is 13.3 Å². The molecule has 0 saturated heterocycles. The Morgan fingerprint density at radius 2 is 2.22 bits per heavy atom. The van der Waals surface area contributed by atoms with E-state index in [1.54, 1.807) is 6.92 Å². The number of ether oxygens (including phenoxy) is 2. The Morgan fingerprint density at radius 3 is 2.94 bits per heavy atom. The molecule has 0 spiro atoms. The summed E-state index contributed by atoms with van der Waals surface area (Å²) in [7, 11) is 0. The number of esters is 1. The van der Waals surface area contributed by atoms with E-state index in [0.29, 0.717) is 25.3 Å². The lowest BCUT2D eigenvalue weighted by molar-refractivity contribution is -0.135. The summed E-state index contributed by atoms with van der Waals surface area (Å²) in [5, 5.41) is 3.71. The van der Waals surface area contributed by atoms with Gasteiger partial charge >= 0.3 is 5.97 Å². The molecule has 2 rings (SSSR count). The van der Waals surface area contributed by atoms with Crippen LogP contribution < -0.4 is 4.74 Å². The lowest BCUT2D eigenvalue weighted by atomic mass is 10.2. The standard InChI is InChI=1S/C13H15NO4/c1-2-16-13(15)12-8-11(18-14-12)9-17-10-6-4-3-5-7-10/h3-7,11H,2,8-9H2,1H3. The van der Waals surface area contributed by atoms with Crippen molar-refractivity contribution in [3.63, 3.8) is 0 Å². The van der Waals surface area contributed by atoms with Crippen LogP contribution in [0.2, 0.25) is 0 Å². The first-order valence-electron chi connectivity index (χ1n) is 5.87.